The van der Waals surface area contributed by atoms with Crippen LogP contribution in [0.3, 0.4) is 0 Å². The first-order valence-electron chi connectivity index (χ1n) is 10.0. The second-order valence-electron chi connectivity index (χ2n) is 7.38. The van der Waals surface area contributed by atoms with Crippen molar-refractivity contribution in [3.63, 3.8) is 0 Å². The van der Waals surface area contributed by atoms with Crippen LogP contribution in [-0.2, 0) is 9.47 Å². The maximum absolute atomic E-state index is 10.3. The van der Waals surface area contributed by atoms with Gasteiger partial charge in [0.2, 0.25) is 0 Å². The van der Waals surface area contributed by atoms with E-state index in [1.807, 2.05) is 24.3 Å². The Morgan fingerprint density at radius 3 is 2.63 bits per heavy atom. The molecule has 1 N–H and O–H groups in total. The zero-order chi connectivity index (χ0) is 19.5. The number of ether oxygens (including phenoxy) is 2. The molecule has 27 heavy (non-hydrogen) atoms. The summed E-state index contributed by atoms with van der Waals surface area (Å²) in [6, 6.07) is 7.89. The summed E-state index contributed by atoms with van der Waals surface area (Å²) in [5.41, 5.74) is 3.67. The van der Waals surface area contributed by atoms with Crippen LogP contribution in [0.5, 0.6) is 0 Å². The van der Waals surface area contributed by atoms with Gasteiger partial charge in [-0.2, -0.15) is 0 Å². The molecule has 0 amide bonds. The Morgan fingerprint density at radius 1 is 1.19 bits per heavy atom. The molecule has 0 bridgehead atoms. The first kappa shape index (κ1) is 22.4. The molecule has 1 saturated heterocycles. The first-order valence-corrected chi connectivity index (χ1v) is 10.8. The van der Waals surface area contributed by atoms with Crippen LogP contribution < -0.4 is 0 Å². The molecule has 2 atom stereocenters. The molecule has 1 heterocycles. The van der Waals surface area contributed by atoms with Crippen molar-refractivity contribution >= 4 is 15.9 Å². The zero-order valence-corrected chi connectivity index (χ0v) is 18.2. The highest BCUT2D eigenvalue weighted by atomic mass is 79.9. The molecule has 0 aliphatic carbocycles. The second kappa shape index (κ2) is 12.5. The third kappa shape index (κ3) is 9.20. The average Bonchev–Trinajstić information content (AvgIpc) is 2.67. The normalized spacial score (nSPS) is 19.9. The molecule has 3 nitrogen and oxygen atoms in total. The van der Waals surface area contributed by atoms with E-state index >= 15 is 0 Å². The quantitative estimate of drug-likeness (QED) is 0.426. The van der Waals surface area contributed by atoms with Crippen molar-refractivity contribution in [2.45, 2.75) is 71.2 Å². The maximum Gasteiger partial charge on any atom is 0.157 e. The van der Waals surface area contributed by atoms with E-state index in [9.17, 15) is 5.11 Å². The number of benzene rings is 1. The van der Waals surface area contributed by atoms with Crippen molar-refractivity contribution in [3.05, 3.63) is 57.6 Å². The Hall–Kier alpha value is -0.940. The molecule has 1 aromatic rings. The van der Waals surface area contributed by atoms with E-state index in [0.29, 0.717) is 6.61 Å². The second-order valence-corrected chi connectivity index (χ2v) is 8.29. The predicted octanol–water partition coefficient (Wildman–Crippen LogP) is 6.48. The lowest BCUT2D eigenvalue weighted by Gasteiger charge is -2.22. The number of halogens is 1. The monoisotopic (exact) mass is 436 g/mol. The van der Waals surface area contributed by atoms with E-state index in [4.69, 9.17) is 9.47 Å². The van der Waals surface area contributed by atoms with E-state index in [0.717, 1.165) is 55.2 Å². The molecule has 1 aromatic carbocycles. The molecule has 0 aromatic heterocycles. The van der Waals surface area contributed by atoms with Gasteiger partial charge in [0.15, 0.2) is 6.29 Å². The van der Waals surface area contributed by atoms with Crippen molar-refractivity contribution in [2.24, 2.45) is 0 Å². The van der Waals surface area contributed by atoms with E-state index in [1.165, 1.54) is 17.6 Å². The van der Waals surface area contributed by atoms with Gasteiger partial charge in [0.25, 0.3) is 0 Å². The van der Waals surface area contributed by atoms with Gasteiger partial charge in [-0.15, -0.1) is 0 Å². The fraction of sp³-hybridized carbons (Fsp3) is 0.565. The molecule has 1 fully saturated rings. The minimum Gasteiger partial charge on any atom is -0.388 e. The van der Waals surface area contributed by atoms with Crippen molar-refractivity contribution in [2.75, 3.05) is 13.2 Å². The number of aliphatic hydroxyl groups excluding tert-OH is 1. The lowest BCUT2D eigenvalue weighted by Crippen LogP contribution is -2.22. The Labute approximate surface area is 172 Å². The van der Waals surface area contributed by atoms with Crippen molar-refractivity contribution in [1.82, 2.24) is 0 Å². The Bertz CT molecular complexity index is 601. The molecule has 150 valence electrons. The summed E-state index contributed by atoms with van der Waals surface area (Å²) >= 11 is 3.42. The molecule has 1 aliphatic heterocycles. The van der Waals surface area contributed by atoms with Gasteiger partial charge in [-0.3, -0.25) is 0 Å². The molecule has 4 heteroatoms. The van der Waals surface area contributed by atoms with E-state index in [1.54, 1.807) is 0 Å². The molecule has 0 radical (unpaired) electrons. The smallest absolute Gasteiger partial charge is 0.157 e. The number of allylic oxidation sites excluding steroid dienone is 3. The van der Waals surface area contributed by atoms with Crippen LogP contribution in [0.25, 0.3) is 0 Å². The van der Waals surface area contributed by atoms with Gasteiger partial charge in [0.1, 0.15) is 0 Å². The van der Waals surface area contributed by atoms with Crippen LogP contribution in [0.1, 0.15) is 70.5 Å². The van der Waals surface area contributed by atoms with Crippen LogP contribution in [0, 0.1) is 0 Å². The summed E-state index contributed by atoms with van der Waals surface area (Å²) in [7, 11) is 0. The molecular weight excluding hydrogens is 404 g/mol. The van der Waals surface area contributed by atoms with Crippen LogP contribution in [0.4, 0.5) is 0 Å². The van der Waals surface area contributed by atoms with Crippen molar-refractivity contribution < 1.29 is 14.6 Å². The number of rotatable bonds is 10. The number of hydrogen-bond acceptors (Lipinski definition) is 3. The maximum atomic E-state index is 10.3. The highest BCUT2D eigenvalue weighted by molar-refractivity contribution is 9.10. The number of hydrogen-bond donors (Lipinski definition) is 1. The van der Waals surface area contributed by atoms with Crippen LogP contribution in [0.2, 0.25) is 0 Å². The summed E-state index contributed by atoms with van der Waals surface area (Å²) in [4.78, 5) is 0. The fourth-order valence-corrected chi connectivity index (χ4v) is 3.37. The standard InChI is InChI=1S/C23H33BrO3/c1-18(9-14-22(25)20-10-12-21(24)13-11-20)6-5-7-19(2)15-17-27-23-8-3-4-16-26-23/h6,10-13,15,22-23,25H,3-5,7-9,14,16-17H2,1-2H3/b18-6+,19-15+. The van der Waals surface area contributed by atoms with Gasteiger partial charge in [-0.25, -0.2) is 0 Å². The first-order chi connectivity index (χ1) is 13.0. The molecule has 2 unspecified atom stereocenters. The average molecular weight is 437 g/mol. The van der Waals surface area contributed by atoms with Crippen LogP contribution in [0.15, 0.2) is 52.0 Å². The van der Waals surface area contributed by atoms with Gasteiger partial charge < -0.3 is 14.6 Å². The van der Waals surface area contributed by atoms with Crippen LogP contribution in [-0.4, -0.2) is 24.6 Å². The largest absolute Gasteiger partial charge is 0.388 e. The third-order valence-corrected chi connectivity index (χ3v) is 5.48. The number of aliphatic hydroxyl groups is 1. The lowest BCUT2D eigenvalue weighted by molar-refractivity contribution is -0.155. The summed E-state index contributed by atoms with van der Waals surface area (Å²) in [5, 5.41) is 10.3. The molecule has 0 saturated carbocycles. The summed E-state index contributed by atoms with van der Waals surface area (Å²) in [6.07, 6.45) is 11.2. The predicted molar refractivity (Wildman–Crippen MR) is 115 cm³/mol. The SMILES string of the molecule is C/C(=C\COC1CCCCO1)CC/C=C(\C)CCC(O)c1ccc(Br)cc1. The van der Waals surface area contributed by atoms with Gasteiger partial charge in [-0.1, -0.05) is 51.4 Å². The zero-order valence-electron chi connectivity index (χ0n) is 16.6. The third-order valence-electron chi connectivity index (χ3n) is 4.95. The summed E-state index contributed by atoms with van der Waals surface area (Å²) < 4.78 is 12.4. The van der Waals surface area contributed by atoms with E-state index in [2.05, 4.69) is 41.9 Å². The molecule has 0 spiro atoms. The molecule has 2 rings (SSSR count). The Kier molecular flexibility index (Phi) is 10.4. The van der Waals surface area contributed by atoms with Gasteiger partial charge >= 0.3 is 0 Å². The molecule has 1 aliphatic rings. The highest BCUT2D eigenvalue weighted by Gasteiger charge is 2.12. The van der Waals surface area contributed by atoms with Gasteiger partial charge in [0, 0.05) is 11.1 Å². The summed E-state index contributed by atoms with van der Waals surface area (Å²) in [5.74, 6) is 0. The van der Waals surface area contributed by atoms with Crippen molar-refractivity contribution in [3.8, 4) is 0 Å². The van der Waals surface area contributed by atoms with Crippen molar-refractivity contribution in [1.29, 1.82) is 0 Å². The Morgan fingerprint density at radius 2 is 1.93 bits per heavy atom. The van der Waals surface area contributed by atoms with E-state index in [-0.39, 0.29) is 6.29 Å². The topological polar surface area (TPSA) is 38.7 Å². The summed E-state index contributed by atoms with van der Waals surface area (Å²) in [6.45, 7) is 5.77. The molecular formula is C23H33BrO3. The highest BCUT2D eigenvalue weighted by Crippen LogP contribution is 2.23. The van der Waals surface area contributed by atoms with Gasteiger partial charge in [0.05, 0.1) is 12.7 Å². The van der Waals surface area contributed by atoms with E-state index < -0.39 is 6.10 Å². The van der Waals surface area contributed by atoms with Crippen LogP contribution >= 0.6 is 15.9 Å². The van der Waals surface area contributed by atoms with Gasteiger partial charge in [-0.05, 0) is 76.5 Å². The lowest BCUT2D eigenvalue weighted by atomic mass is 10.0. The Balaban J connectivity index is 1.62. The fourth-order valence-electron chi connectivity index (χ4n) is 3.11. The minimum atomic E-state index is -0.401. The minimum absolute atomic E-state index is 0.0119.